The van der Waals surface area contributed by atoms with Crippen LogP contribution >= 0.6 is 0 Å². The predicted molar refractivity (Wildman–Crippen MR) is 163 cm³/mol. The Morgan fingerprint density at radius 3 is 2.55 bits per heavy atom. The molecule has 0 unspecified atom stereocenters. The smallest absolute Gasteiger partial charge is 0.235 e. The van der Waals surface area contributed by atoms with Crippen molar-refractivity contribution in [2.45, 2.75) is 38.5 Å². The first-order valence-corrected chi connectivity index (χ1v) is 14.0. The van der Waals surface area contributed by atoms with Crippen LogP contribution in [0.3, 0.4) is 0 Å². The Labute approximate surface area is 236 Å². The van der Waals surface area contributed by atoms with Crippen LogP contribution in [0.1, 0.15) is 38.7 Å². The van der Waals surface area contributed by atoms with Crippen molar-refractivity contribution in [1.82, 2.24) is 15.1 Å². The van der Waals surface area contributed by atoms with E-state index in [4.69, 9.17) is 4.74 Å². The maximum Gasteiger partial charge on any atom is 0.235 e. The van der Waals surface area contributed by atoms with Gasteiger partial charge in [-0.05, 0) is 113 Å². The van der Waals surface area contributed by atoms with E-state index in [1.54, 1.807) is 0 Å². The largest absolute Gasteiger partial charge is 0.493 e. The first-order valence-electron chi connectivity index (χ1n) is 14.0. The summed E-state index contributed by atoms with van der Waals surface area (Å²) in [5.74, 6) is 1.41. The molecule has 0 spiro atoms. The van der Waals surface area contributed by atoms with E-state index < -0.39 is 5.41 Å². The van der Waals surface area contributed by atoms with Crippen LogP contribution in [0.4, 0.5) is 5.69 Å². The van der Waals surface area contributed by atoms with E-state index in [-0.39, 0.29) is 5.91 Å². The maximum atomic E-state index is 13.7. The van der Waals surface area contributed by atoms with Gasteiger partial charge in [0.25, 0.3) is 0 Å². The van der Waals surface area contributed by atoms with Gasteiger partial charge in [0.05, 0.1) is 23.2 Å². The van der Waals surface area contributed by atoms with Crippen LogP contribution in [0, 0.1) is 5.92 Å². The number of allylic oxidation sites excluding steroid dienone is 1. The molecule has 1 amide bonds. The minimum absolute atomic E-state index is 0.0798. The van der Waals surface area contributed by atoms with Crippen molar-refractivity contribution >= 4 is 22.5 Å². The standard InChI is InChI=1S/C34H38N4O2/c1-5-24(2)22-34(3,27-9-7-6-8-10-27)33(39)35-28-13-16-31-30(21-28)32(37-36-31)26-11-14-29(15-12-26)40-23-25-17-19-38(4)20-18-25/h6-16,21,25H,1,17-20,22-23H2,2-4H3,(H,35,39)(H,36,37)/t34-/m1/s1. The zero-order valence-corrected chi connectivity index (χ0v) is 23.7. The number of nitrogens with one attached hydrogen (secondary N) is 2. The number of fused-ring (bicyclic) bond motifs is 1. The summed E-state index contributed by atoms with van der Waals surface area (Å²) in [6.07, 6.45) is 2.89. The number of amides is 1. The molecular formula is C34H38N4O2. The summed E-state index contributed by atoms with van der Waals surface area (Å²) in [5.41, 5.74) is 7.52. The molecule has 1 aromatic heterocycles. The van der Waals surface area contributed by atoms with Crippen LogP contribution in [0.5, 0.6) is 5.75 Å². The summed E-state index contributed by atoms with van der Waals surface area (Å²) in [4.78, 5) is 16.1. The van der Waals surface area contributed by atoms with E-state index in [1.807, 2.05) is 86.6 Å². The number of carbonyl (C=O) groups excluding carboxylic acids is 1. The molecule has 1 aliphatic heterocycles. The SMILES string of the molecule is C=C=C(C)C[C@@](C)(C(=O)Nc1ccc2[nH]nc(-c3ccc(OCC4CCN(C)CC4)cc3)c2c1)c1ccccc1. The average Bonchev–Trinajstić information content (AvgIpc) is 3.40. The fourth-order valence-electron chi connectivity index (χ4n) is 5.44. The van der Waals surface area contributed by atoms with Crippen molar-refractivity contribution in [2.24, 2.45) is 5.92 Å². The predicted octanol–water partition coefficient (Wildman–Crippen LogP) is 6.97. The van der Waals surface area contributed by atoms with Crippen molar-refractivity contribution < 1.29 is 9.53 Å². The van der Waals surface area contributed by atoms with Gasteiger partial charge in [-0.25, -0.2) is 0 Å². The first-order chi connectivity index (χ1) is 19.4. The topological polar surface area (TPSA) is 70.2 Å². The number of aromatic amines is 1. The molecule has 4 aromatic rings. The molecule has 40 heavy (non-hydrogen) atoms. The molecule has 5 rings (SSSR count). The van der Waals surface area contributed by atoms with Gasteiger partial charge in [-0.2, -0.15) is 5.10 Å². The molecule has 2 heterocycles. The molecule has 0 aliphatic carbocycles. The summed E-state index contributed by atoms with van der Waals surface area (Å²) in [5, 5.41) is 11.8. The van der Waals surface area contributed by atoms with Crippen molar-refractivity contribution in [1.29, 1.82) is 0 Å². The molecular weight excluding hydrogens is 496 g/mol. The lowest BCUT2D eigenvalue weighted by Gasteiger charge is -2.29. The van der Waals surface area contributed by atoms with E-state index in [0.717, 1.165) is 64.4 Å². The highest BCUT2D eigenvalue weighted by Gasteiger charge is 2.35. The monoisotopic (exact) mass is 534 g/mol. The fraction of sp³-hybridized carbons (Fsp3) is 0.324. The van der Waals surface area contributed by atoms with Crippen LogP contribution < -0.4 is 10.1 Å². The highest BCUT2D eigenvalue weighted by molar-refractivity contribution is 6.02. The molecule has 0 saturated carbocycles. The molecule has 0 bridgehead atoms. The summed E-state index contributed by atoms with van der Waals surface area (Å²) in [6, 6.07) is 23.8. The van der Waals surface area contributed by atoms with Crippen LogP contribution in [0.25, 0.3) is 22.2 Å². The normalized spacial score (nSPS) is 15.8. The molecule has 206 valence electrons. The Kier molecular flexibility index (Phi) is 8.20. The van der Waals surface area contributed by atoms with Crippen LogP contribution in [0.15, 0.2) is 90.7 Å². The van der Waals surface area contributed by atoms with Crippen molar-refractivity contribution in [3.8, 4) is 17.0 Å². The quantitative estimate of drug-likeness (QED) is 0.228. The maximum absolute atomic E-state index is 13.7. The molecule has 6 nitrogen and oxygen atoms in total. The second-order valence-electron chi connectivity index (χ2n) is 11.2. The number of hydrogen-bond donors (Lipinski definition) is 2. The fourth-order valence-corrected chi connectivity index (χ4v) is 5.44. The van der Waals surface area contributed by atoms with Crippen molar-refractivity contribution in [3.05, 3.63) is 96.2 Å². The number of piperidine rings is 1. The molecule has 6 heteroatoms. The number of benzene rings is 3. The highest BCUT2D eigenvalue weighted by atomic mass is 16.5. The number of aromatic nitrogens is 2. The van der Waals surface area contributed by atoms with Gasteiger partial charge in [0.2, 0.25) is 5.91 Å². The van der Waals surface area contributed by atoms with E-state index in [9.17, 15) is 4.79 Å². The van der Waals surface area contributed by atoms with E-state index in [1.165, 1.54) is 12.8 Å². The van der Waals surface area contributed by atoms with Gasteiger partial charge in [0, 0.05) is 16.6 Å². The van der Waals surface area contributed by atoms with Crippen molar-refractivity contribution in [3.63, 3.8) is 0 Å². The first kappa shape index (κ1) is 27.4. The zero-order chi connectivity index (χ0) is 28.1. The molecule has 3 aromatic carbocycles. The Hall–Kier alpha value is -4.12. The third-order valence-corrected chi connectivity index (χ3v) is 8.10. The third kappa shape index (κ3) is 6.04. The minimum atomic E-state index is -0.770. The lowest BCUT2D eigenvalue weighted by atomic mass is 9.76. The Morgan fingerprint density at radius 2 is 1.85 bits per heavy atom. The zero-order valence-electron chi connectivity index (χ0n) is 23.7. The highest BCUT2D eigenvalue weighted by Crippen LogP contribution is 2.34. The lowest BCUT2D eigenvalue weighted by Crippen LogP contribution is -2.38. The number of rotatable bonds is 9. The summed E-state index contributed by atoms with van der Waals surface area (Å²) >= 11 is 0. The van der Waals surface area contributed by atoms with E-state index >= 15 is 0 Å². The van der Waals surface area contributed by atoms with Gasteiger partial charge >= 0.3 is 0 Å². The molecule has 1 aliphatic rings. The number of hydrogen-bond acceptors (Lipinski definition) is 4. The number of anilines is 1. The Bertz CT molecular complexity index is 1510. The Balaban J connectivity index is 1.33. The number of carbonyl (C=O) groups is 1. The lowest BCUT2D eigenvalue weighted by molar-refractivity contribution is -0.121. The van der Waals surface area contributed by atoms with E-state index in [2.05, 4.69) is 39.8 Å². The van der Waals surface area contributed by atoms with Crippen LogP contribution in [0.2, 0.25) is 0 Å². The average molecular weight is 535 g/mol. The second kappa shape index (κ2) is 12.0. The number of H-pyrrole nitrogens is 1. The van der Waals surface area contributed by atoms with Crippen molar-refractivity contribution in [2.75, 3.05) is 32.1 Å². The molecule has 2 N–H and O–H groups in total. The summed E-state index contributed by atoms with van der Waals surface area (Å²) in [7, 11) is 2.18. The summed E-state index contributed by atoms with van der Waals surface area (Å²) in [6.45, 7) is 10.7. The van der Waals surface area contributed by atoms with Crippen LogP contribution in [-0.2, 0) is 10.2 Å². The molecule has 1 atom stereocenters. The summed E-state index contributed by atoms with van der Waals surface area (Å²) < 4.78 is 6.10. The number of nitrogens with zero attached hydrogens (tertiary/aromatic N) is 2. The van der Waals surface area contributed by atoms with Gasteiger partial charge in [-0.1, -0.05) is 36.9 Å². The van der Waals surface area contributed by atoms with Gasteiger partial charge in [0.15, 0.2) is 0 Å². The molecule has 0 radical (unpaired) electrons. The molecule has 1 saturated heterocycles. The van der Waals surface area contributed by atoms with Crippen LogP contribution in [-0.4, -0.2) is 47.7 Å². The van der Waals surface area contributed by atoms with Gasteiger partial charge in [0.1, 0.15) is 5.75 Å². The minimum Gasteiger partial charge on any atom is -0.493 e. The van der Waals surface area contributed by atoms with Gasteiger partial charge < -0.3 is 15.0 Å². The Morgan fingerprint density at radius 1 is 1.12 bits per heavy atom. The van der Waals surface area contributed by atoms with Gasteiger partial charge in [-0.15, -0.1) is 5.73 Å². The number of ether oxygens (including phenoxy) is 1. The third-order valence-electron chi connectivity index (χ3n) is 8.10. The van der Waals surface area contributed by atoms with E-state index in [0.29, 0.717) is 12.3 Å². The van der Waals surface area contributed by atoms with Gasteiger partial charge in [-0.3, -0.25) is 9.89 Å². The second-order valence-corrected chi connectivity index (χ2v) is 11.2. The number of likely N-dealkylation sites (tertiary alicyclic amines) is 1. The molecule has 1 fully saturated rings.